The van der Waals surface area contributed by atoms with Gasteiger partial charge in [0.05, 0.1) is 23.6 Å². The van der Waals surface area contributed by atoms with E-state index in [4.69, 9.17) is 24.8 Å². The molecule has 0 bridgehead atoms. The summed E-state index contributed by atoms with van der Waals surface area (Å²) in [5.74, 6) is 1.46. The molecule has 10 heteroatoms. The molecule has 0 saturated heterocycles. The summed E-state index contributed by atoms with van der Waals surface area (Å²) in [6.45, 7) is 3.89. The number of nitrogens with two attached hydrogens (primary N) is 1. The van der Waals surface area contributed by atoms with Gasteiger partial charge in [-0.25, -0.2) is 8.42 Å². The van der Waals surface area contributed by atoms with Crippen LogP contribution in [0, 0.1) is 0 Å². The number of aliphatic hydroxyl groups excluding tert-OH is 1. The van der Waals surface area contributed by atoms with Crippen molar-refractivity contribution >= 4 is 10.0 Å². The van der Waals surface area contributed by atoms with Crippen LogP contribution >= 0.6 is 0 Å². The topological polar surface area (TPSA) is 121 Å². The number of fused-ring (bicyclic) bond motifs is 1. The number of hydrogen-bond donors (Lipinski definition) is 2. The van der Waals surface area contributed by atoms with Crippen LogP contribution in [0.4, 0.5) is 0 Å². The molecule has 3 aromatic rings. The molecule has 0 fully saturated rings. The average Bonchev–Trinajstić information content (AvgIpc) is 3.43. The van der Waals surface area contributed by atoms with Crippen molar-refractivity contribution in [2.24, 2.45) is 5.73 Å². The predicted octanol–water partition coefficient (Wildman–Crippen LogP) is 4.04. The lowest BCUT2D eigenvalue weighted by atomic mass is 10.0. The van der Waals surface area contributed by atoms with Gasteiger partial charge in [0.2, 0.25) is 6.79 Å². The second kappa shape index (κ2) is 13.3. The largest absolute Gasteiger partial charge is 0.489 e. The summed E-state index contributed by atoms with van der Waals surface area (Å²) in [6, 6.07) is 20.9. The third-order valence-corrected chi connectivity index (χ3v) is 8.20. The van der Waals surface area contributed by atoms with Crippen molar-refractivity contribution in [2.45, 2.75) is 62.9 Å². The van der Waals surface area contributed by atoms with Gasteiger partial charge < -0.3 is 25.1 Å². The van der Waals surface area contributed by atoms with E-state index in [1.807, 2.05) is 68.4 Å². The Balaban J connectivity index is 1.49. The molecule has 1 aliphatic rings. The summed E-state index contributed by atoms with van der Waals surface area (Å²) in [5.41, 5.74) is 8.24. The first-order valence-electron chi connectivity index (χ1n) is 13.1. The molecule has 0 aromatic heterocycles. The molecule has 0 aliphatic carbocycles. The minimum absolute atomic E-state index is 0.0247. The Bertz CT molecular complexity index is 1320. The zero-order valence-corrected chi connectivity index (χ0v) is 23.0. The molecule has 3 aromatic carbocycles. The highest BCUT2D eigenvalue weighted by molar-refractivity contribution is 7.89. The Morgan fingerprint density at radius 2 is 1.67 bits per heavy atom. The third-order valence-electron chi connectivity index (χ3n) is 6.58. The summed E-state index contributed by atoms with van der Waals surface area (Å²) < 4.78 is 44.8. The van der Waals surface area contributed by atoms with Gasteiger partial charge >= 0.3 is 0 Å². The molecule has 210 valence electrons. The number of ether oxygens (including phenoxy) is 3. The third kappa shape index (κ3) is 7.28. The number of nitrogens with zero attached hydrogens (tertiary/aromatic N) is 1. The molecule has 4 rings (SSSR count). The van der Waals surface area contributed by atoms with E-state index in [1.165, 1.54) is 12.1 Å². The Hall–Kier alpha value is -3.15. The Morgan fingerprint density at radius 1 is 0.974 bits per heavy atom. The number of aliphatic hydroxyl groups is 1. The van der Waals surface area contributed by atoms with E-state index in [0.717, 1.165) is 15.6 Å². The van der Waals surface area contributed by atoms with Crippen LogP contribution in [0.25, 0.3) is 0 Å². The van der Waals surface area contributed by atoms with Gasteiger partial charge in [-0.15, -0.1) is 0 Å². The second-order valence-electron chi connectivity index (χ2n) is 9.37. The maximum absolute atomic E-state index is 13.6. The minimum atomic E-state index is -4.15. The highest BCUT2D eigenvalue weighted by atomic mass is 32.2. The van der Waals surface area contributed by atoms with E-state index in [0.29, 0.717) is 36.7 Å². The zero-order valence-electron chi connectivity index (χ0n) is 22.2. The molecular formula is C29H36N2O7S. The van der Waals surface area contributed by atoms with Crippen molar-refractivity contribution in [3.05, 3.63) is 83.9 Å². The van der Waals surface area contributed by atoms with Gasteiger partial charge in [-0.2, -0.15) is 0 Å². The number of hydroxylamine groups is 1. The molecule has 0 amide bonds. The first kappa shape index (κ1) is 28.8. The van der Waals surface area contributed by atoms with Crippen LogP contribution in [0.3, 0.4) is 0 Å². The van der Waals surface area contributed by atoms with Crippen LogP contribution < -0.4 is 19.9 Å². The highest BCUT2D eigenvalue weighted by Crippen LogP contribution is 2.35. The SMILES string of the molecule is CCC(CC)ON(C[C@@H](O)[C@@H](N)Cc1ccccc1OCc1ccccc1)S(=O)(=O)c1ccc2c(c1)OCO2. The van der Waals surface area contributed by atoms with E-state index >= 15 is 0 Å². The van der Waals surface area contributed by atoms with Gasteiger partial charge in [-0.05, 0) is 48.6 Å². The van der Waals surface area contributed by atoms with Crippen molar-refractivity contribution in [2.75, 3.05) is 13.3 Å². The van der Waals surface area contributed by atoms with Gasteiger partial charge in [-0.3, -0.25) is 4.84 Å². The van der Waals surface area contributed by atoms with Crippen molar-refractivity contribution in [1.82, 2.24) is 4.47 Å². The fourth-order valence-corrected chi connectivity index (χ4v) is 5.50. The van der Waals surface area contributed by atoms with Crippen molar-refractivity contribution in [1.29, 1.82) is 0 Å². The van der Waals surface area contributed by atoms with E-state index < -0.39 is 22.2 Å². The quantitative estimate of drug-likeness (QED) is 0.286. The lowest BCUT2D eigenvalue weighted by molar-refractivity contribution is -0.148. The normalized spacial score (nSPS) is 14.5. The van der Waals surface area contributed by atoms with Gasteiger partial charge in [0.25, 0.3) is 10.0 Å². The lowest BCUT2D eigenvalue weighted by Gasteiger charge is -2.29. The maximum Gasteiger partial charge on any atom is 0.265 e. The van der Waals surface area contributed by atoms with Crippen LogP contribution in [0.5, 0.6) is 17.2 Å². The minimum Gasteiger partial charge on any atom is -0.489 e. The van der Waals surface area contributed by atoms with E-state index in [1.54, 1.807) is 6.07 Å². The van der Waals surface area contributed by atoms with Crippen molar-refractivity contribution in [3.63, 3.8) is 0 Å². The van der Waals surface area contributed by atoms with Gasteiger partial charge in [0.1, 0.15) is 12.4 Å². The molecule has 0 unspecified atom stereocenters. The van der Waals surface area contributed by atoms with E-state index in [-0.39, 0.29) is 30.8 Å². The second-order valence-corrected chi connectivity index (χ2v) is 11.2. The fraction of sp³-hybridized carbons (Fsp3) is 0.379. The van der Waals surface area contributed by atoms with E-state index in [9.17, 15) is 13.5 Å². The maximum atomic E-state index is 13.6. The molecule has 1 aliphatic heterocycles. The number of benzene rings is 3. The van der Waals surface area contributed by atoms with Crippen LogP contribution in [0.2, 0.25) is 0 Å². The molecule has 0 saturated carbocycles. The molecular weight excluding hydrogens is 520 g/mol. The smallest absolute Gasteiger partial charge is 0.265 e. The van der Waals surface area contributed by atoms with Gasteiger partial charge in [0.15, 0.2) is 11.5 Å². The molecule has 0 radical (unpaired) electrons. The summed E-state index contributed by atoms with van der Waals surface area (Å²) in [6.07, 6.45) is -0.111. The molecule has 3 N–H and O–H groups in total. The van der Waals surface area contributed by atoms with Crippen LogP contribution in [-0.4, -0.2) is 49.6 Å². The number of sulfonamides is 1. The van der Waals surface area contributed by atoms with Crippen LogP contribution in [0.15, 0.2) is 77.7 Å². The fourth-order valence-electron chi connectivity index (χ4n) is 4.18. The Labute approximate surface area is 230 Å². The Morgan fingerprint density at radius 3 is 2.41 bits per heavy atom. The van der Waals surface area contributed by atoms with Crippen molar-refractivity contribution < 1.29 is 32.6 Å². The molecule has 2 atom stereocenters. The number of para-hydroxylation sites is 1. The van der Waals surface area contributed by atoms with Gasteiger partial charge in [0, 0.05) is 12.1 Å². The van der Waals surface area contributed by atoms with Crippen LogP contribution in [-0.2, 0) is 27.9 Å². The molecule has 39 heavy (non-hydrogen) atoms. The summed E-state index contributed by atoms with van der Waals surface area (Å²) in [5, 5.41) is 11.1. The standard InChI is InChI=1S/C29H36N2O7S/c1-3-23(4-2)38-31(39(33,34)24-14-15-28-29(17-24)37-20-36-28)18-26(32)25(30)16-22-12-8-9-13-27(22)35-19-21-10-6-5-7-11-21/h5-15,17,23,25-26,32H,3-4,16,18-20,30H2,1-2H3/t25-,26+/m0/s1. The van der Waals surface area contributed by atoms with Crippen molar-refractivity contribution in [3.8, 4) is 17.2 Å². The highest BCUT2D eigenvalue weighted by Gasteiger charge is 2.33. The van der Waals surface area contributed by atoms with Crippen LogP contribution in [0.1, 0.15) is 37.8 Å². The lowest BCUT2D eigenvalue weighted by Crippen LogP contribution is -2.47. The number of hydrogen-bond acceptors (Lipinski definition) is 8. The first-order chi connectivity index (χ1) is 18.8. The number of rotatable bonds is 14. The molecule has 0 spiro atoms. The summed E-state index contributed by atoms with van der Waals surface area (Å²) in [4.78, 5) is 5.87. The zero-order chi connectivity index (χ0) is 27.8. The summed E-state index contributed by atoms with van der Waals surface area (Å²) in [7, 11) is -4.15. The Kier molecular flexibility index (Phi) is 9.82. The van der Waals surface area contributed by atoms with E-state index in [2.05, 4.69) is 0 Å². The summed E-state index contributed by atoms with van der Waals surface area (Å²) >= 11 is 0. The average molecular weight is 557 g/mol. The predicted molar refractivity (Wildman–Crippen MR) is 147 cm³/mol. The first-order valence-corrected chi connectivity index (χ1v) is 14.5. The molecule has 9 nitrogen and oxygen atoms in total. The van der Waals surface area contributed by atoms with Gasteiger partial charge in [-0.1, -0.05) is 66.8 Å². The monoisotopic (exact) mass is 556 g/mol. The molecule has 1 heterocycles.